The fourth-order valence-corrected chi connectivity index (χ4v) is 4.52. The maximum absolute atomic E-state index is 5.99. The van der Waals surface area contributed by atoms with Crippen LogP contribution in [-0.2, 0) is 7.05 Å². The van der Waals surface area contributed by atoms with Gasteiger partial charge >= 0.3 is 0 Å². The third-order valence-corrected chi connectivity index (χ3v) is 6.11. The van der Waals surface area contributed by atoms with E-state index in [-0.39, 0.29) is 12.1 Å². The minimum Gasteiger partial charge on any atom is -0.497 e. The summed E-state index contributed by atoms with van der Waals surface area (Å²) in [6.07, 6.45) is 3.87. The number of benzene rings is 2. The molecule has 2 aromatic heterocycles. The quantitative estimate of drug-likeness (QED) is 0.392. The maximum Gasteiger partial charge on any atom is 0.174 e. The summed E-state index contributed by atoms with van der Waals surface area (Å²) >= 11 is 5.79. The van der Waals surface area contributed by atoms with E-state index >= 15 is 0 Å². The zero-order valence-electron chi connectivity index (χ0n) is 18.4. The first kappa shape index (κ1) is 21.0. The Bertz CT molecular complexity index is 1240. The molecular formula is C26H24N4O2S. The van der Waals surface area contributed by atoms with E-state index in [2.05, 4.69) is 45.1 Å². The summed E-state index contributed by atoms with van der Waals surface area (Å²) in [7, 11) is 3.70. The second-order valence-corrected chi connectivity index (χ2v) is 8.20. The summed E-state index contributed by atoms with van der Waals surface area (Å²) in [4.78, 5) is 6.75. The highest BCUT2D eigenvalue weighted by atomic mass is 32.1. The van der Waals surface area contributed by atoms with Gasteiger partial charge in [-0.25, -0.2) is 0 Å². The molecule has 0 bridgehead atoms. The number of ether oxygens (including phenoxy) is 2. The fourth-order valence-electron chi connectivity index (χ4n) is 4.17. The van der Waals surface area contributed by atoms with Crippen molar-refractivity contribution in [3.8, 4) is 17.2 Å². The lowest BCUT2D eigenvalue weighted by Gasteiger charge is -2.28. The molecule has 166 valence electrons. The summed E-state index contributed by atoms with van der Waals surface area (Å²) < 4.78 is 13.3. The molecule has 1 fully saturated rings. The summed E-state index contributed by atoms with van der Waals surface area (Å²) in [5.74, 6) is 2.29. The standard InChI is InChI=1S/C26H24N4O2S/c1-29-17-5-7-23(29)25-24(22-6-3-4-16-27-22)28-26(33)30(25)18-8-10-20(11-9-18)32-21-14-12-19(31-2)13-15-21/h3-17,24-25H,1-2H3,(H,28,33). The molecule has 6 nitrogen and oxygen atoms in total. The van der Waals surface area contributed by atoms with E-state index in [0.717, 1.165) is 34.3 Å². The monoisotopic (exact) mass is 456 g/mol. The minimum atomic E-state index is -0.0671. The van der Waals surface area contributed by atoms with Crippen LogP contribution in [0.25, 0.3) is 0 Å². The SMILES string of the molecule is COc1ccc(Oc2ccc(N3C(=S)NC(c4ccccn4)C3c3cccn3C)cc2)cc1. The first-order valence-electron chi connectivity index (χ1n) is 10.7. The predicted molar refractivity (Wildman–Crippen MR) is 133 cm³/mol. The van der Waals surface area contributed by atoms with Crippen LogP contribution in [0.4, 0.5) is 5.69 Å². The number of pyridine rings is 1. The number of thiocarbonyl (C=S) groups is 1. The molecule has 0 radical (unpaired) electrons. The van der Waals surface area contributed by atoms with Gasteiger partial charge < -0.3 is 24.3 Å². The van der Waals surface area contributed by atoms with Crippen LogP contribution in [0.1, 0.15) is 23.5 Å². The van der Waals surface area contributed by atoms with E-state index in [1.807, 2.05) is 72.9 Å². The van der Waals surface area contributed by atoms with Gasteiger partial charge in [0, 0.05) is 30.8 Å². The van der Waals surface area contributed by atoms with E-state index in [1.165, 1.54) is 0 Å². The van der Waals surface area contributed by atoms with Crippen molar-refractivity contribution in [2.45, 2.75) is 12.1 Å². The molecule has 1 N–H and O–H groups in total. The van der Waals surface area contributed by atoms with E-state index < -0.39 is 0 Å². The van der Waals surface area contributed by atoms with Gasteiger partial charge in [-0.3, -0.25) is 4.98 Å². The van der Waals surface area contributed by atoms with Crippen LogP contribution in [0.5, 0.6) is 17.2 Å². The Morgan fingerprint density at radius 3 is 2.18 bits per heavy atom. The number of aromatic nitrogens is 2. The van der Waals surface area contributed by atoms with Crippen molar-refractivity contribution in [3.63, 3.8) is 0 Å². The molecule has 1 saturated heterocycles. The van der Waals surface area contributed by atoms with Crippen molar-refractivity contribution < 1.29 is 9.47 Å². The van der Waals surface area contributed by atoms with Gasteiger partial charge in [-0.15, -0.1) is 0 Å². The number of rotatable bonds is 6. The first-order valence-corrected chi connectivity index (χ1v) is 11.1. The summed E-state index contributed by atoms with van der Waals surface area (Å²) in [5, 5.41) is 4.16. The van der Waals surface area contributed by atoms with Crippen LogP contribution in [0.15, 0.2) is 91.3 Å². The first-order chi connectivity index (χ1) is 16.1. The average Bonchev–Trinajstić information content (AvgIpc) is 3.43. The van der Waals surface area contributed by atoms with Crippen LogP contribution in [0, 0.1) is 0 Å². The van der Waals surface area contributed by atoms with Gasteiger partial charge in [-0.1, -0.05) is 6.07 Å². The van der Waals surface area contributed by atoms with Crippen molar-refractivity contribution in [2.24, 2.45) is 7.05 Å². The van der Waals surface area contributed by atoms with Crippen LogP contribution in [0.2, 0.25) is 0 Å². The van der Waals surface area contributed by atoms with Crippen molar-refractivity contribution in [1.29, 1.82) is 0 Å². The number of nitrogens with zero attached hydrogens (tertiary/aromatic N) is 3. The predicted octanol–water partition coefficient (Wildman–Crippen LogP) is 5.40. The van der Waals surface area contributed by atoms with E-state index in [0.29, 0.717) is 5.11 Å². The molecule has 5 rings (SSSR count). The molecular weight excluding hydrogens is 432 g/mol. The van der Waals surface area contributed by atoms with Crippen molar-refractivity contribution in [2.75, 3.05) is 12.0 Å². The van der Waals surface area contributed by atoms with Crippen LogP contribution < -0.4 is 19.7 Å². The lowest BCUT2D eigenvalue weighted by molar-refractivity contribution is 0.413. The van der Waals surface area contributed by atoms with Crippen LogP contribution in [-0.4, -0.2) is 21.8 Å². The van der Waals surface area contributed by atoms with Gasteiger partial charge in [0.15, 0.2) is 5.11 Å². The van der Waals surface area contributed by atoms with Crippen molar-refractivity contribution in [3.05, 3.63) is 103 Å². The molecule has 1 aliphatic rings. The third kappa shape index (κ3) is 4.15. The summed E-state index contributed by atoms with van der Waals surface area (Å²) in [6, 6.07) is 25.5. The largest absolute Gasteiger partial charge is 0.497 e. The van der Waals surface area contributed by atoms with E-state index in [1.54, 1.807) is 7.11 Å². The highest BCUT2D eigenvalue weighted by Crippen LogP contribution is 2.41. The van der Waals surface area contributed by atoms with Gasteiger partial charge in [-0.05, 0) is 85.0 Å². The Hall–Kier alpha value is -3.84. The van der Waals surface area contributed by atoms with Gasteiger partial charge in [0.05, 0.1) is 18.8 Å². The van der Waals surface area contributed by atoms with Gasteiger partial charge in [0.25, 0.3) is 0 Å². The highest BCUT2D eigenvalue weighted by molar-refractivity contribution is 7.80. The molecule has 4 aromatic rings. The number of anilines is 1. The molecule has 0 spiro atoms. The fraction of sp³-hybridized carbons (Fsp3) is 0.154. The van der Waals surface area contributed by atoms with Gasteiger partial charge in [0.1, 0.15) is 23.3 Å². The van der Waals surface area contributed by atoms with E-state index in [4.69, 9.17) is 21.7 Å². The summed E-state index contributed by atoms with van der Waals surface area (Å²) in [6.45, 7) is 0. The molecule has 2 atom stereocenters. The molecule has 2 unspecified atom stereocenters. The Labute approximate surface area is 198 Å². The molecule has 0 saturated carbocycles. The zero-order chi connectivity index (χ0) is 22.8. The van der Waals surface area contributed by atoms with Gasteiger partial charge in [-0.2, -0.15) is 0 Å². The average molecular weight is 457 g/mol. The molecule has 0 amide bonds. The van der Waals surface area contributed by atoms with Crippen molar-refractivity contribution in [1.82, 2.24) is 14.9 Å². The smallest absolute Gasteiger partial charge is 0.174 e. The molecule has 3 heterocycles. The number of hydrogen-bond donors (Lipinski definition) is 1. The Morgan fingerprint density at radius 1 is 0.879 bits per heavy atom. The van der Waals surface area contributed by atoms with E-state index in [9.17, 15) is 0 Å². The highest BCUT2D eigenvalue weighted by Gasteiger charge is 2.41. The number of methoxy groups -OCH3 is 1. The van der Waals surface area contributed by atoms with Gasteiger partial charge in [0.2, 0.25) is 0 Å². The Morgan fingerprint density at radius 2 is 1.58 bits per heavy atom. The zero-order valence-corrected chi connectivity index (χ0v) is 19.2. The Balaban J connectivity index is 1.45. The van der Waals surface area contributed by atoms with Crippen molar-refractivity contribution >= 4 is 23.0 Å². The Kier molecular flexibility index (Phi) is 5.71. The lowest BCUT2D eigenvalue weighted by atomic mass is 10.0. The molecule has 7 heteroatoms. The topological polar surface area (TPSA) is 51.6 Å². The molecule has 33 heavy (non-hydrogen) atoms. The normalized spacial score (nSPS) is 17.6. The minimum absolute atomic E-state index is 0.0410. The summed E-state index contributed by atoms with van der Waals surface area (Å²) in [5.41, 5.74) is 3.09. The molecule has 2 aromatic carbocycles. The van der Waals surface area contributed by atoms with Crippen LogP contribution >= 0.6 is 12.2 Å². The second-order valence-electron chi connectivity index (χ2n) is 7.81. The molecule has 0 aliphatic carbocycles. The second kappa shape index (κ2) is 8.96. The van der Waals surface area contributed by atoms with Crippen LogP contribution in [0.3, 0.4) is 0 Å². The lowest BCUT2D eigenvalue weighted by Crippen LogP contribution is -2.30. The number of nitrogens with one attached hydrogen (secondary N) is 1. The molecule has 1 aliphatic heterocycles. The number of hydrogen-bond acceptors (Lipinski definition) is 4. The number of aryl methyl sites for hydroxylation is 1. The third-order valence-electron chi connectivity index (χ3n) is 5.80. The maximum atomic E-state index is 5.99.